The van der Waals surface area contributed by atoms with Crippen LogP contribution in [0.3, 0.4) is 0 Å². The van der Waals surface area contributed by atoms with E-state index in [1.807, 2.05) is 67.8 Å². The molecule has 0 heterocycles. The van der Waals surface area contributed by atoms with Crippen LogP contribution in [0.1, 0.15) is 6.92 Å². The van der Waals surface area contributed by atoms with Crippen molar-refractivity contribution >= 4 is 107 Å². The van der Waals surface area contributed by atoms with E-state index in [2.05, 4.69) is 5.32 Å². The van der Waals surface area contributed by atoms with E-state index in [-0.39, 0.29) is 11.3 Å². The van der Waals surface area contributed by atoms with Crippen LogP contribution in [0, 0.1) is 0 Å². The summed E-state index contributed by atoms with van der Waals surface area (Å²) in [6.07, 6.45) is 0. The number of amides is 1. The second-order valence-electron chi connectivity index (χ2n) is 3.97. The number of carbonyl (C=O) groups excluding carboxylic acids is 3. The topological polar surface area (TPSA) is 72.5 Å². The number of halogens is 5. The van der Waals surface area contributed by atoms with Crippen LogP contribution in [-0.4, -0.2) is 33.0 Å². The predicted molar refractivity (Wildman–Crippen MR) is 105 cm³/mol. The molecule has 1 amide bonds. The van der Waals surface area contributed by atoms with Crippen LogP contribution in [-0.2, 0) is 19.1 Å². The third kappa shape index (κ3) is 3.53. The van der Waals surface area contributed by atoms with Gasteiger partial charge in [-0.15, -0.1) is 0 Å². The first-order valence-corrected chi connectivity index (χ1v) is 9.44. The largest absolute Gasteiger partial charge is 0.495 e. The van der Waals surface area contributed by atoms with Gasteiger partial charge < -0.3 is 10.1 Å². The van der Waals surface area contributed by atoms with Crippen molar-refractivity contribution in [3.63, 3.8) is 0 Å². The van der Waals surface area contributed by atoms with Crippen molar-refractivity contribution in [3.05, 3.63) is 18.5 Å². The maximum Gasteiger partial charge on any atom is 0.253 e. The maximum atomic E-state index is 12.1. The van der Waals surface area contributed by atoms with Crippen LogP contribution < -0.4 is 5.32 Å². The zero-order valence-corrected chi connectivity index (χ0v) is 18.6. The van der Waals surface area contributed by atoms with Gasteiger partial charge in [0.05, 0.1) is 18.2 Å². The number of rotatable bonds is 4. The van der Waals surface area contributed by atoms with Gasteiger partial charge >= 0.3 is 0 Å². The molecule has 1 rings (SSSR count). The van der Waals surface area contributed by atoms with Crippen molar-refractivity contribution in [2.24, 2.45) is 0 Å². The highest BCUT2D eigenvalue weighted by molar-refractivity contribution is 14.1. The fraction of sp³-hybridized carbons (Fsp3) is 0.364. The van der Waals surface area contributed by atoms with E-state index >= 15 is 0 Å². The average molecular weight is 670 g/mol. The molecule has 10 heteroatoms. The summed E-state index contributed by atoms with van der Waals surface area (Å²) in [5.74, 6) is -0.176. The molecule has 0 aliphatic heterocycles. The second-order valence-corrected chi connectivity index (χ2v) is 8.06. The number of allylic oxidation sites excluding steroid dienone is 1. The molecule has 0 saturated carbocycles. The molecular formula is C11H8Cl2I3NO4. The Morgan fingerprint density at radius 3 is 2.14 bits per heavy atom. The normalized spacial score (nSPS) is 25.8. The van der Waals surface area contributed by atoms with Crippen LogP contribution >= 0.6 is 91.0 Å². The van der Waals surface area contributed by atoms with Crippen LogP contribution in [0.4, 0.5) is 0 Å². The number of hydrogen-bond acceptors (Lipinski definition) is 4. The van der Waals surface area contributed by atoms with Gasteiger partial charge in [-0.3, -0.25) is 14.4 Å². The van der Waals surface area contributed by atoms with Gasteiger partial charge in [-0.25, -0.2) is 0 Å². The van der Waals surface area contributed by atoms with Gasteiger partial charge in [0, 0.05) is 12.5 Å². The Morgan fingerprint density at radius 2 is 1.81 bits per heavy atom. The molecule has 1 aliphatic carbocycles. The van der Waals surface area contributed by atoms with Gasteiger partial charge in [-0.2, -0.15) is 0 Å². The van der Waals surface area contributed by atoms with E-state index in [1.165, 1.54) is 14.0 Å². The van der Waals surface area contributed by atoms with E-state index in [0.717, 1.165) is 0 Å². The van der Waals surface area contributed by atoms with Crippen LogP contribution in [0.2, 0.25) is 0 Å². The lowest BCUT2D eigenvalue weighted by molar-refractivity contribution is -0.125. The number of nitrogens with one attached hydrogen (secondary N) is 1. The smallest absolute Gasteiger partial charge is 0.253 e. The molecule has 0 saturated heterocycles. The molecule has 1 N–H and O–H groups in total. The van der Waals surface area contributed by atoms with Gasteiger partial charge in [-0.1, -0.05) is 22.6 Å². The Balaban J connectivity index is 3.74. The molecule has 0 spiro atoms. The van der Waals surface area contributed by atoms with E-state index in [9.17, 15) is 14.4 Å². The molecule has 2 unspecified atom stereocenters. The number of alkyl halides is 1. The predicted octanol–water partition coefficient (Wildman–Crippen LogP) is 3.19. The van der Waals surface area contributed by atoms with Crippen molar-refractivity contribution < 1.29 is 19.1 Å². The molecule has 0 aromatic rings. The Labute approximate surface area is 172 Å². The second kappa shape index (κ2) is 7.62. The molecule has 0 bridgehead atoms. The van der Waals surface area contributed by atoms with Crippen LogP contribution in [0.15, 0.2) is 18.5 Å². The first-order chi connectivity index (χ1) is 9.61. The lowest BCUT2D eigenvalue weighted by atomic mass is 9.86. The lowest BCUT2D eigenvalue weighted by Crippen LogP contribution is -2.61. The molecule has 1 aliphatic rings. The zero-order chi connectivity index (χ0) is 16.5. The van der Waals surface area contributed by atoms with Gasteiger partial charge in [0.25, 0.3) is 10.5 Å². The van der Waals surface area contributed by atoms with Gasteiger partial charge in [-0.05, 0) is 68.4 Å². The summed E-state index contributed by atoms with van der Waals surface area (Å²) in [6.45, 7) is 1.26. The Bertz CT molecular complexity index is 590. The summed E-state index contributed by atoms with van der Waals surface area (Å²) in [4.78, 5) is 35.4. The number of hydrogen-bond donors (Lipinski definition) is 1. The quantitative estimate of drug-likeness (QED) is 0.284. The molecule has 0 aromatic heterocycles. The van der Waals surface area contributed by atoms with E-state index < -0.39 is 25.9 Å². The number of ether oxygens (including phenoxy) is 1. The first kappa shape index (κ1) is 19.9. The molecule has 0 fully saturated rings. The molecular weight excluding hydrogens is 662 g/mol. The minimum atomic E-state index is -1.59. The Morgan fingerprint density at radius 1 is 1.29 bits per heavy atom. The van der Waals surface area contributed by atoms with Gasteiger partial charge in [0.2, 0.25) is 5.91 Å². The monoisotopic (exact) mass is 669 g/mol. The van der Waals surface area contributed by atoms with E-state index in [4.69, 9.17) is 27.9 Å². The molecule has 0 radical (unpaired) electrons. The highest BCUT2D eigenvalue weighted by Crippen LogP contribution is 2.48. The van der Waals surface area contributed by atoms with Crippen LogP contribution in [0.5, 0.6) is 0 Å². The zero-order valence-electron chi connectivity index (χ0n) is 10.6. The summed E-state index contributed by atoms with van der Waals surface area (Å²) >= 11 is 17.1. The number of carbonyl (C=O) groups is 3. The fourth-order valence-corrected chi connectivity index (χ4v) is 8.25. The minimum Gasteiger partial charge on any atom is -0.495 e. The fourth-order valence-electron chi connectivity index (χ4n) is 1.83. The summed E-state index contributed by atoms with van der Waals surface area (Å²) in [6, 6.07) is 0. The van der Waals surface area contributed by atoms with Gasteiger partial charge in [0.1, 0.15) is 5.76 Å². The SMILES string of the molecule is COC1=C(I)C(NC(C)=O)(C(=O)Cl)C(I)C(C(=O)Cl)=C1I. The molecule has 116 valence electrons. The summed E-state index contributed by atoms with van der Waals surface area (Å²) in [5, 5.41) is 0.987. The third-order valence-corrected chi connectivity index (χ3v) is 7.18. The third-order valence-electron chi connectivity index (χ3n) is 2.71. The van der Waals surface area contributed by atoms with Crippen molar-refractivity contribution in [2.45, 2.75) is 16.4 Å². The van der Waals surface area contributed by atoms with Crippen molar-refractivity contribution in [1.29, 1.82) is 0 Å². The Hall–Kier alpha value is 0.860. The molecule has 5 nitrogen and oxygen atoms in total. The molecule has 21 heavy (non-hydrogen) atoms. The Kier molecular flexibility index (Phi) is 7.22. The van der Waals surface area contributed by atoms with Crippen molar-refractivity contribution in [3.8, 4) is 0 Å². The summed E-state index contributed by atoms with van der Waals surface area (Å²) in [5.41, 5.74) is -1.42. The lowest BCUT2D eigenvalue weighted by Gasteiger charge is -2.39. The number of methoxy groups -OCH3 is 1. The van der Waals surface area contributed by atoms with Gasteiger partial charge in [0.15, 0.2) is 5.54 Å². The summed E-state index contributed by atoms with van der Waals surface area (Å²) < 4.78 is 5.38. The van der Waals surface area contributed by atoms with Crippen LogP contribution in [0.25, 0.3) is 0 Å². The highest BCUT2D eigenvalue weighted by atomic mass is 127. The summed E-state index contributed by atoms with van der Waals surface area (Å²) in [7, 11) is 1.40. The molecule has 0 aromatic carbocycles. The standard InChI is InChI=1S/C11H8Cl2I3NO4/c1-3(18)17-11(10(13)20)7(15)4(9(12)19)5(14)6(21-2)8(11)16/h7H,1-2H3,(H,17,18). The minimum absolute atomic E-state index is 0.165. The first-order valence-electron chi connectivity index (χ1n) is 5.28. The highest BCUT2D eigenvalue weighted by Gasteiger charge is 2.55. The van der Waals surface area contributed by atoms with E-state index in [0.29, 0.717) is 7.16 Å². The van der Waals surface area contributed by atoms with E-state index in [1.54, 1.807) is 0 Å². The van der Waals surface area contributed by atoms with Crippen molar-refractivity contribution in [2.75, 3.05) is 7.11 Å². The van der Waals surface area contributed by atoms with Crippen molar-refractivity contribution in [1.82, 2.24) is 5.32 Å². The molecule has 2 atom stereocenters. The maximum absolute atomic E-state index is 12.1. The average Bonchev–Trinajstić information content (AvgIpc) is 2.34.